The molecule has 0 aromatic rings. The average molecular weight is 270 g/mol. The molecule has 5 heteroatoms. The minimum atomic E-state index is -0.844. The van der Waals surface area contributed by atoms with Crippen LogP contribution in [0.2, 0.25) is 0 Å². The molecule has 0 aliphatic heterocycles. The normalized spacial score (nSPS) is 28.7. The van der Waals surface area contributed by atoms with Crippen LogP contribution in [0.3, 0.4) is 0 Å². The molecule has 4 N–H and O–H groups in total. The van der Waals surface area contributed by atoms with Crippen molar-refractivity contribution in [2.24, 2.45) is 11.1 Å². The summed E-state index contributed by atoms with van der Waals surface area (Å²) in [6.07, 6.45) is 5.27. The van der Waals surface area contributed by atoms with Crippen molar-refractivity contribution in [1.82, 2.24) is 5.32 Å². The highest BCUT2D eigenvalue weighted by molar-refractivity contribution is 5.80. The molecule has 0 spiro atoms. The molecule has 110 valence electrons. The van der Waals surface area contributed by atoms with Crippen LogP contribution >= 0.6 is 0 Å². The zero-order valence-electron chi connectivity index (χ0n) is 11.9. The summed E-state index contributed by atoms with van der Waals surface area (Å²) in [6.45, 7) is 3.76. The van der Waals surface area contributed by atoms with Gasteiger partial charge in [-0.15, -0.1) is 0 Å². The molecule has 1 saturated carbocycles. The summed E-state index contributed by atoms with van der Waals surface area (Å²) in [5.74, 6) is -0.948. The molecule has 19 heavy (non-hydrogen) atoms. The Bertz CT molecular complexity index is 333. The number of hydrogen-bond donors (Lipinski definition) is 3. The summed E-state index contributed by atoms with van der Waals surface area (Å²) in [5.41, 5.74) is 5.00. The first-order valence-corrected chi connectivity index (χ1v) is 7.18. The summed E-state index contributed by atoms with van der Waals surface area (Å²) in [6, 6.07) is -0.412. The van der Waals surface area contributed by atoms with E-state index in [0.29, 0.717) is 6.42 Å². The number of carbonyl (C=O) groups is 2. The predicted molar refractivity (Wildman–Crippen MR) is 73.6 cm³/mol. The molecule has 1 amide bonds. The molecular weight excluding hydrogens is 244 g/mol. The monoisotopic (exact) mass is 270 g/mol. The van der Waals surface area contributed by atoms with Gasteiger partial charge in [-0.25, -0.2) is 0 Å². The van der Waals surface area contributed by atoms with Gasteiger partial charge < -0.3 is 16.2 Å². The topological polar surface area (TPSA) is 92.4 Å². The van der Waals surface area contributed by atoms with Crippen LogP contribution in [0.5, 0.6) is 0 Å². The average Bonchev–Trinajstić information content (AvgIpc) is 2.32. The zero-order chi connectivity index (χ0) is 14.5. The van der Waals surface area contributed by atoms with Crippen molar-refractivity contribution in [1.29, 1.82) is 0 Å². The van der Waals surface area contributed by atoms with Crippen LogP contribution < -0.4 is 11.1 Å². The molecule has 0 saturated heterocycles. The molecule has 0 bridgehead atoms. The molecule has 1 fully saturated rings. The van der Waals surface area contributed by atoms with E-state index in [1.165, 1.54) is 0 Å². The molecule has 1 aliphatic rings. The maximum Gasteiger partial charge on any atom is 0.311 e. The minimum Gasteiger partial charge on any atom is -0.481 e. The third-order valence-electron chi connectivity index (χ3n) is 4.14. The fraction of sp³-hybridized carbons (Fsp3) is 0.857. The number of aliphatic carboxylic acids is 1. The van der Waals surface area contributed by atoms with Crippen LogP contribution in [0, 0.1) is 5.41 Å². The van der Waals surface area contributed by atoms with E-state index in [1.807, 2.05) is 6.92 Å². The quantitative estimate of drug-likeness (QED) is 0.684. The van der Waals surface area contributed by atoms with E-state index in [-0.39, 0.29) is 24.4 Å². The van der Waals surface area contributed by atoms with E-state index in [0.717, 1.165) is 32.1 Å². The second-order valence-electron chi connectivity index (χ2n) is 5.84. The van der Waals surface area contributed by atoms with Crippen LogP contribution in [0.1, 0.15) is 58.8 Å². The Morgan fingerprint density at radius 3 is 2.74 bits per heavy atom. The van der Waals surface area contributed by atoms with E-state index in [1.54, 1.807) is 6.92 Å². The number of nitrogens with two attached hydrogens (primary N) is 1. The summed E-state index contributed by atoms with van der Waals surface area (Å²) in [5, 5.41) is 12.3. The van der Waals surface area contributed by atoms with Crippen LogP contribution in [-0.4, -0.2) is 29.1 Å². The maximum absolute atomic E-state index is 11.9. The maximum atomic E-state index is 11.9. The van der Waals surface area contributed by atoms with Crippen molar-refractivity contribution in [3.05, 3.63) is 0 Å². The molecule has 0 aromatic carbocycles. The van der Waals surface area contributed by atoms with Crippen LogP contribution in [0.25, 0.3) is 0 Å². The van der Waals surface area contributed by atoms with Gasteiger partial charge in [-0.3, -0.25) is 9.59 Å². The van der Waals surface area contributed by atoms with E-state index in [2.05, 4.69) is 5.32 Å². The minimum absolute atomic E-state index is 0.125. The van der Waals surface area contributed by atoms with Crippen molar-refractivity contribution < 1.29 is 14.7 Å². The highest BCUT2D eigenvalue weighted by Gasteiger charge is 2.43. The lowest BCUT2D eigenvalue weighted by atomic mass is 9.71. The van der Waals surface area contributed by atoms with Crippen molar-refractivity contribution in [2.75, 3.05) is 0 Å². The zero-order valence-corrected chi connectivity index (χ0v) is 11.9. The summed E-state index contributed by atoms with van der Waals surface area (Å²) < 4.78 is 0. The third kappa shape index (κ3) is 4.20. The third-order valence-corrected chi connectivity index (χ3v) is 4.14. The smallest absolute Gasteiger partial charge is 0.311 e. The summed E-state index contributed by atoms with van der Waals surface area (Å²) >= 11 is 0. The molecule has 3 unspecified atom stereocenters. The van der Waals surface area contributed by atoms with Crippen molar-refractivity contribution in [3.8, 4) is 0 Å². The molecule has 3 atom stereocenters. The van der Waals surface area contributed by atoms with Crippen LogP contribution in [0.15, 0.2) is 0 Å². The predicted octanol–water partition coefficient (Wildman–Crippen LogP) is 1.65. The van der Waals surface area contributed by atoms with E-state index in [4.69, 9.17) is 5.73 Å². The molecule has 1 aliphatic carbocycles. The Morgan fingerprint density at radius 2 is 2.16 bits per heavy atom. The van der Waals surface area contributed by atoms with Crippen LogP contribution in [0.4, 0.5) is 0 Å². The lowest BCUT2D eigenvalue weighted by Crippen LogP contribution is -2.52. The van der Waals surface area contributed by atoms with Gasteiger partial charge in [0, 0.05) is 18.5 Å². The Morgan fingerprint density at radius 1 is 1.47 bits per heavy atom. The van der Waals surface area contributed by atoms with Gasteiger partial charge >= 0.3 is 5.97 Å². The van der Waals surface area contributed by atoms with Gasteiger partial charge in [0.25, 0.3) is 0 Å². The van der Waals surface area contributed by atoms with Gasteiger partial charge in [0.2, 0.25) is 5.91 Å². The van der Waals surface area contributed by atoms with Crippen LogP contribution in [-0.2, 0) is 9.59 Å². The van der Waals surface area contributed by atoms with Crippen molar-refractivity contribution in [2.45, 2.75) is 70.9 Å². The molecule has 5 nitrogen and oxygen atoms in total. The van der Waals surface area contributed by atoms with E-state index >= 15 is 0 Å². The first kappa shape index (κ1) is 16.0. The first-order chi connectivity index (χ1) is 8.90. The highest BCUT2D eigenvalue weighted by atomic mass is 16.4. The number of carbonyl (C=O) groups excluding carboxylic acids is 1. The molecule has 0 radical (unpaired) electrons. The SMILES string of the molecule is CCCC(N)CC(=O)NC1CCCCC1(C)C(=O)O. The van der Waals surface area contributed by atoms with Gasteiger partial charge in [0.05, 0.1) is 5.41 Å². The summed E-state index contributed by atoms with van der Waals surface area (Å²) in [4.78, 5) is 23.3. The first-order valence-electron chi connectivity index (χ1n) is 7.18. The Balaban J connectivity index is 2.58. The van der Waals surface area contributed by atoms with Crippen molar-refractivity contribution in [3.63, 3.8) is 0 Å². The number of nitrogens with one attached hydrogen (secondary N) is 1. The second kappa shape index (κ2) is 6.89. The molecule has 1 rings (SSSR count). The highest BCUT2D eigenvalue weighted by Crippen LogP contribution is 2.36. The van der Waals surface area contributed by atoms with Gasteiger partial charge in [0.1, 0.15) is 0 Å². The van der Waals surface area contributed by atoms with Gasteiger partial charge in [-0.1, -0.05) is 26.2 Å². The standard InChI is InChI=1S/C14H26N2O3/c1-3-6-10(15)9-12(17)16-11-7-4-5-8-14(11,2)13(18)19/h10-11H,3-9,15H2,1-2H3,(H,16,17)(H,18,19). The fourth-order valence-corrected chi connectivity index (χ4v) is 2.79. The largest absolute Gasteiger partial charge is 0.481 e. The summed E-state index contributed by atoms with van der Waals surface area (Å²) in [7, 11) is 0. The Hall–Kier alpha value is -1.10. The number of carboxylic acid groups (broad SMARTS) is 1. The molecule has 0 aromatic heterocycles. The lowest BCUT2D eigenvalue weighted by molar-refractivity contribution is -0.152. The second-order valence-corrected chi connectivity index (χ2v) is 5.84. The van der Waals surface area contributed by atoms with Crippen molar-refractivity contribution >= 4 is 11.9 Å². The fourth-order valence-electron chi connectivity index (χ4n) is 2.79. The number of rotatable bonds is 6. The lowest BCUT2D eigenvalue weighted by Gasteiger charge is -2.38. The molecule has 0 heterocycles. The van der Waals surface area contributed by atoms with Gasteiger partial charge in [-0.05, 0) is 26.2 Å². The van der Waals surface area contributed by atoms with E-state index < -0.39 is 11.4 Å². The van der Waals surface area contributed by atoms with E-state index in [9.17, 15) is 14.7 Å². The molecular formula is C14H26N2O3. The number of hydrogen-bond acceptors (Lipinski definition) is 3. The van der Waals surface area contributed by atoms with Gasteiger partial charge in [-0.2, -0.15) is 0 Å². The van der Waals surface area contributed by atoms with Gasteiger partial charge in [0.15, 0.2) is 0 Å². The number of amides is 1. The Kier molecular flexibility index (Phi) is 5.79. The Labute approximate surface area is 114 Å². The number of carboxylic acids is 1.